The van der Waals surface area contributed by atoms with Gasteiger partial charge in [0, 0.05) is 0 Å². The molecule has 4 heavy (non-hydrogen) atoms. The Morgan fingerprint density at radius 2 is 0.500 bits per heavy atom. The van der Waals surface area contributed by atoms with Crippen LogP contribution in [0.5, 0.6) is 0 Å². The molecule has 0 saturated heterocycles. The van der Waals surface area contributed by atoms with E-state index in [1.165, 1.54) is 0 Å². The minimum Gasteiger partial charge on any atom is -1.00 e. The van der Waals surface area contributed by atoms with E-state index in [0.29, 0.717) is 0 Å². The molecule has 0 atom stereocenters. The van der Waals surface area contributed by atoms with E-state index >= 15 is 0 Å². The summed E-state index contributed by atoms with van der Waals surface area (Å²) < 4.78 is 0. The molecule has 1 radical (unpaired) electrons. The first kappa shape index (κ1) is 54.9. The Kier molecular flexibility index (Phi) is 365. The Labute approximate surface area is 53.9 Å². The third kappa shape index (κ3) is 10.1. The maximum atomic E-state index is 0. The van der Waals surface area contributed by atoms with Gasteiger partial charge in [0.15, 0.2) is 0 Å². The van der Waals surface area contributed by atoms with Gasteiger partial charge in [0.25, 0.3) is 0 Å². The van der Waals surface area contributed by atoms with E-state index in [2.05, 4.69) is 0 Å². The fraction of sp³-hybridized carbons (Fsp3) is 0. The molecule has 0 fully saturated rings. The van der Waals surface area contributed by atoms with Gasteiger partial charge in [-0.05, 0) is 0 Å². The van der Waals surface area contributed by atoms with Gasteiger partial charge < -0.3 is 37.2 Å². The van der Waals surface area contributed by atoms with Crippen molar-refractivity contribution in [3.8, 4) is 0 Å². The predicted octanol–water partition coefficient (Wildman–Crippen LogP) is -8.99. The van der Waals surface area contributed by atoms with Crippen LogP contribution in [0.3, 0.4) is 0 Å². The number of rotatable bonds is 0. The summed E-state index contributed by atoms with van der Waals surface area (Å²) >= 11 is 0. The standard InChI is InChI=1S/3ClH.Ni/h3*1H;/q;;;+3/p-3. The predicted molar refractivity (Wildman–Crippen MR) is 0 cm³/mol. The van der Waals surface area contributed by atoms with Crippen molar-refractivity contribution in [1.82, 2.24) is 0 Å². The van der Waals surface area contributed by atoms with Gasteiger partial charge in [0.05, 0.1) is 0 Å². The summed E-state index contributed by atoms with van der Waals surface area (Å²) in [5.41, 5.74) is 0. The zero-order valence-electron chi connectivity index (χ0n) is 1.45. The molecule has 31 valence electrons. The zero-order valence-corrected chi connectivity index (χ0v) is 4.71. The second kappa shape index (κ2) is 26.6. The van der Waals surface area contributed by atoms with Crippen molar-refractivity contribution in [2.45, 2.75) is 0 Å². The van der Waals surface area contributed by atoms with Gasteiger partial charge in [-0.1, -0.05) is 0 Å². The quantitative estimate of drug-likeness (QED) is 0.313. The molecule has 0 heterocycles. The van der Waals surface area contributed by atoms with Crippen molar-refractivity contribution in [1.29, 1.82) is 0 Å². The molecule has 0 rings (SSSR count). The van der Waals surface area contributed by atoms with E-state index in [1.54, 1.807) is 0 Å². The normalized spacial score (nSPS) is 0. The van der Waals surface area contributed by atoms with Crippen LogP contribution in [0.1, 0.15) is 0 Å². The molecule has 0 bridgehead atoms. The van der Waals surface area contributed by atoms with E-state index < -0.39 is 0 Å². The van der Waals surface area contributed by atoms with Crippen molar-refractivity contribution in [2.75, 3.05) is 0 Å². The van der Waals surface area contributed by atoms with Crippen LogP contribution < -0.4 is 37.2 Å². The average molecular weight is 165 g/mol. The molecule has 0 aliphatic rings. The van der Waals surface area contributed by atoms with Crippen molar-refractivity contribution in [3.05, 3.63) is 0 Å². The van der Waals surface area contributed by atoms with Crippen LogP contribution in [0, 0.1) is 0 Å². The first-order chi connectivity index (χ1) is 0. The first-order valence-electron chi connectivity index (χ1n) is 0. The second-order valence-electron chi connectivity index (χ2n) is 0. The van der Waals surface area contributed by atoms with Crippen LogP contribution in [-0.2, 0) is 16.5 Å². The molecule has 0 aliphatic heterocycles. The molecule has 4 heteroatoms. The second-order valence-corrected chi connectivity index (χ2v) is 0. The summed E-state index contributed by atoms with van der Waals surface area (Å²) in [7, 11) is 0. The Morgan fingerprint density at radius 3 is 0.500 bits per heavy atom. The summed E-state index contributed by atoms with van der Waals surface area (Å²) in [6, 6.07) is 0. The third-order valence-corrected chi connectivity index (χ3v) is 0. The topological polar surface area (TPSA) is 0 Å². The summed E-state index contributed by atoms with van der Waals surface area (Å²) in [6.07, 6.45) is 0. The molecular formula is Cl3Ni. The van der Waals surface area contributed by atoms with E-state index in [-0.39, 0.29) is 53.7 Å². The monoisotopic (exact) mass is 163 g/mol. The number of hydrogen-bond acceptors (Lipinski definition) is 0. The SMILES string of the molecule is [Cl-].[Cl-].[Cl-].[Ni+3]. The van der Waals surface area contributed by atoms with Crippen LogP contribution in [0.25, 0.3) is 0 Å². The Morgan fingerprint density at radius 1 is 0.500 bits per heavy atom. The van der Waals surface area contributed by atoms with Gasteiger partial charge in [0.1, 0.15) is 0 Å². The third-order valence-electron chi connectivity index (χ3n) is 0. The largest absolute Gasteiger partial charge is 3.00 e. The summed E-state index contributed by atoms with van der Waals surface area (Å²) in [5, 5.41) is 0. The smallest absolute Gasteiger partial charge is 1.00 e. The number of hydrogen-bond donors (Lipinski definition) is 0. The van der Waals surface area contributed by atoms with E-state index in [0.717, 1.165) is 0 Å². The minimum atomic E-state index is 0. The molecule has 0 aromatic rings. The van der Waals surface area contributed by atoms with Crippen LogP contribution in [0.2, 0.25) is 0 Å². The van der Waals surface area contributed by atoms with Gasteiger partial charge in [-0.25, -0.2) is 0 Å². The number of halogens is 3. The summed E-state index contributed by atoms with van der Waals surface area (Å²) in [4.78, 5) is 0. The van der Waals surface area contributed by atoms with Crippen LogP contribution in [-0.4, -0.2) is 0 Å². The molecule has 0 saturated carbocycles. The summed E-state index contributed by atoms with van der Waals surface area (Å²) in [6.45, 7) is 0. The van der Waals surface area contributed by atoms with Gasteiger partial charge in [-0.15, -0.1) is 0 Å². The van der Waals surface area contributed by atoms with Gasteiger partial charge in [0.2, 0.25) is 0 Å². The molecule has 0 aromatic carbocycles. The zero-order chi connectivity index (χ0) is 0. The fourth-order valence-electron chi connectivity index (χ4n) is 0. The molecular weight excluding hydrogens is 165 g/mol. The molecule has 0 unspecified atom stereocenters. The van der Waals surface area contributed by atoms with Gasteiger partial charge in [-0.2, -0.15) is 0 Å². The van der Waals surface area contributed by atoms with Crippen LogP contribution in [0.15, 0.2) is 0 Å². The van der Waals surface area contributed by atoms with Crippen molar-refractivity contribution in [3.63, 3.8) is 0 Å². The molecule has 0 aromatic heterocycles. The molecule has 0 nitrogen and oxygen atoms in total. The summed E-state index contributed by atoms with van der Waals surface area (Å²) in [5.74, 6) is 0. The molecule has 0 aliphatic carbocycles. The Bertz CT molecular complexity index is 3.25. The molecule has 0 N–H and O–H groups in total. The van der Waals surface area contributed by atoms with E-state index in [9.17, 15) is 0 Å². The average Bonchev–Trinajstić information content (AvgIpc) is 0. The van der Waals surface area contributed by atoms with E-state index in [1.807, 2.05) is 0 Å². The van der Waals surface area contributed by atoms with E-state index in [4.69, 9.17) is 0 Å². The van der Waals surface area contributed by atoms with Crippen LogP contribution >= 0.6 is 0 Å². The van der Waals surface area contributed by atoms with Crippen molar-refractivity contribution >= 4 is 0 Å². The Hall–Kier alpha value is 1.36. The molecule has 0 spiro atoms. The fourth-order valence-corrected chi connectivity index (χ4v) is 0. The van der Waals surface area contributed by atoms with Gasteiger partial charge >= 0.3 is 16.5 Å². The van der Waals surface area contributed by atoms with Crippen LogP contribution in [0.4, 0.5) is 0 Å². The molecule has 0 amide bonds. The first-order valence-corrected chi connectivity index (χ1v) is 0. The Balaban J connectivity index is 0. The van der Waals surface area contributed by atoms with Gasteiger partial charge in [-0.3, -0.25) is 0 Å². The minimum absolute atomic E-state index is 0. The maximum Gasteiger partial charge on any atom is 3.00 e. The van der Waals surface area contributed by atoms with Crippen molar-refractivity contribution < 1.29 is 53.7 Å². The maximum absolute atomic E-state index is 0. The van der Waals surface area contributed by atoms with Crippen molar-refractivity contribution in [2.24, 2.45) is 0 Å².